The Kier molecular flexibility index (Phi) is 6.24. The number of carbonyl (C=O) groups excluding carboxylic acids is 1. The number of hydrogen-bond donors (Lipinski definition) is 0. The highest BCUT2D eigenvalue weighted by Crippen LogP contribution is 2.36. The Hall–Kier alpha value is -1.11. The van der Waals surface area contributed by atoms with Gasteiger partial charge >= 0.3 is 0 Å². The van der Waals surface area contributed by atoms with Crippen LogP contribution in [-0.2, 0) is 10.0 Å². The summed E-state index contributed by atoms with van der Waals surface area (Å²) in [6, 6.07) is 5.04. The second kappa shape index (κ2) is 8.56. The van der Waals surface area contributed by atoms with E-state index < -0.39 is 10.0 Å². The molecule has 1 saturated carbocycles. The lowest BCUT2D eigenvalue weighted by atomic mass is 9.78. The van der Waals surface area contributed by atoms with E-state index in [0.29, 0.717) is 36.5 Å². The molecule has 0 bridgehead atoms. The van der Waals surface area contributed by atoms with Gasteiger partial charge in [-0.15, -0.1) is 0 Å². The van der Waals surface area contributed by atoms with E-state index in [0.717, 1.165) is 32.2 Å². The van der Waals surface area contributed by atoms with E-state index in [4.69, 9.17) is 11.6 Å². The molecule has 1 aliphatic carbocycles. The van der Waals surface area contributed by atoms with Gasteiger partial charge in [-0.05, 0) is 68.6 Å². The minimum Gasteiger partial charge on any atom is -0.335 e. The van der Waals surface area contributed by atoms with Crippen LogP contribution in [0.25, 0.3) is 0 Å². The maximum atomic E-state index is 13.3. The largest absolute Gasteiger partial charge is 0.335 e. The molecular weight excluding hydrogens is 408 g/mol. The highest BCUT2D eigenvalue weighted by atomic mass is 35.5. The molecule has 2 aliphatic heterocycles. The van der Waals surface area contributed by atoms with E-state index in [1.165, 1.54) is 36.1 Å². The number of hydrogen-bond acceptors (Lipinski definition) is 3. The smallest absolute Gasteiger partial charge is 0.254 e. The van der Waals surface area contributed by atoms with Crippen molar-refractivity contribution in [1.82, 2.24) is 9.21 Å². The van der Waals surface area contributed by atoms with E-state index in [1.807, 2.05) is 4.90 Å². The second-order valence-corrected chi connectivity index (χ2v) is 11.3. The molecular formula is C22H31ClN2O3S. The molecule has 7 heteroatoms. The van der Waals surface area contributed by atoms with Gasteiger partial charge in [0.25, 0.3) is 5.91 Å². The monoisotopic (exact) mass is 438 g/mol. The molecule has 1 aromatic rings. The first-order valence-corrected chi connectivity index (χ1v) is 12.8. The molecule has 3 unspecified atom stereocenters. The molecule has 160 valence electrons. The summed E-state index contributed by atoms with van der Waals surface area (Å²) in [6.45, 7) is 3.85. The molecule has 0 N–H and O–H groups in total. The van der Waals surface area contributed by atoms with E-state index in [-0.39, 0.29) is 15.8 Å². The van der Waals surface area contributed by atoms with Gasteiger partial charge in [0.2, 0.25) is 10.0 Å². The Labute approximate surface area is 179 Å². The van der Waals surface area contributed by atoms with E-state index >= 15 is 0 Å². The summed E-state index contributed by atoms with van der Waals surface area (Å²) in [5.74, 6) is 0.868. The first-order valence-electron chi connectivity index (χ1n) is 11.0. The topological polar surface area (TPSA) is 57.7 Å². The van der Waals surface area contributed by atoms with E-state index in [2.05, 4.69) is 6.92 Å². The molecule has 1 amide bonds. The lowest BCUT2D eigenvalue weighted by molar-refractivity contribution is 0.0390. The van der Waals surface area contributed by atoms with Crippen LogP contribution in [0.5, 0.6) is 0 Å². The molecule has 0 radical (unpaired) electrons. The third-order valence-electron chi connectivity index (χ3n) is 6.92. The standard InChI is InChI=1S/C22H31ClN2O3S/c1-16-6-4-12-24(15-16)29(27,28)21-14-18(10-11-19(21)23)22(26)25-13-5-8-17-7-2-3-9-20(17)25/h10-11,14,16-17,20H,2-9,12-13,15H2,1H3. The Balaban J connectivity index is 1.62. The predicted octanol–water partition coefficient (Wildman–Crippen LogP) is 4.56. The SMILES string of the molecule is CC1CCCN(S(=O)(=O)c2cc(C(=O)N3CCCC4CCCCC43)ccc2Cl)C1. The van der Waals surface area contributed by atoms with Gasteiger partial charge in [-0.25, -0.2) is 8.42 Å². The lowest BCUT2D eigenvalue weighted by Gasteiger charge is -2.44. The van der Waals surface area contributed by atoms with E-state index in [9.17, 15) is 13.2 Å². The summed E-state index contributed by atoms with van der Waals surface area (Å²) in [6.07, 6.45) is 8.78. The fourth-order valence-corrected chi connectivity index (χ4v) is 7.48. The van der Waals surface area contributed by atoms with Gasteiger partial charge in [0.05, 0.1) is 5.02 Å². The Morgan fingerprint density at radius 2 is 1.76 bits per heavy atom. The van der Waals surface area contributed by atoms with Gasteiger partial charge < -0.3 is 4.90 Å². The molecule has 29 heavy (non-hydrogen) atoms. The van der Waals surface area contributed by atoms with Crippen LogP contribution < -0.4 is 0 Å². The Morgan fingerprint density at radius 3 is 2.55 bits per heavy atom. The number of fused-ring (bicyclic) bond motifs is 1. The highest BCUT2D eigenvalue weighted by Gasteiger charge is 2.37. The summed E-state index contributed by atoms with van der Waals surface area (Å²) < 4.78 is 28.0. The number of benzene rings is 1. The first kappa shape index (κ1) is 21.1. The van der Waals surface area contributed by atoms with Gasteiger partial charge in [0, 0.05) is 31.2 Å². The fourth-order valence-electron chi connectivity index (χ4n) is 5.38. The molecule has 1 aromatic carbocycles. The van der Waals surface area contributed by atoms with Crippen molar-refractivity contribution in [1.29, 1.82) is 0 Å². The van der Waals surface area contributed by atoms with Crippen molar-refractivity contribution in [2.24, 2.45) is 11.8 Å². The van der Waals surface area contributed by atoms with Crippen LogP contribution in [0.1, 0.15) is 68.6 Å². The molecule has 4 rings (SSSR count). The summed E-state index contributed by atoms with van der Waals surface area (Å²) in [4.78, 5) is 15.4. The molecule has 2 saturated heterocycles. The Morgan fingerprint density at radius 1 is 1.03 bits per heavy atom. The van der Waals surface area contributed by atoms with Crippen LogP contribution in [0, 0.1) is 11.8 Å². The first-order chi connectivity index (χ1) is 13.9. The minimum atomic E-state index is -3.71. The number of amides is 1. The normalized spacial score (nSPS) is 28.8. The van der Waals surface area contributed by atoms with Crippen molar-refractivity contribution >= 4 is 27.5 Å². The number of rotatable bonds is 3. The average molecular weight is 439 g/mol. The molecule has 2 heterocycles. The van der Waals surface area contributed by atoms with Crippen molar-refractivity contribution in [3.63, 3.8) is 0 Å². The highest BCUT2D eigenvalue weighted by molar-refractivity contribution is 7.89. The van der Waals surface area contributed by atoms with Gasteiger partial charge in [0.15, 0.2) is 0 Å². The van der Waals surface area contributed by atoms with Crippen molar-refractivity contribution in [3.05, 3.63) is 28.8 Å². The van der Waals surface area contributed by atoms with Crippen LogP contribution in [-0.4, -0.2) is 49.2 Å². The van der Waals surface area contributed by atoms with E-state index in [1.54, 1.807) is 12.1 Å². The van der Waals surface area contributed by atoms with Crippen LogP contribution >= 0.6 is 11.6 Å². The van der Waals surface area contributed by atoms with Gasteiger partial charge in [-0.2, -0.15) is 4.31 Å². The third kappa shape index (κ3) is 4.21. The summed E-state index contributed by atoms with van der Waals surface area (Å²) in [5, 5.41) is 0.189. The average Bonchev–Trinajstić information content (AvgIpc) is 2.73. The molecule has 5 nitrogen and oxygen atoms in total. The molecule has 3 atom stereocenters. The predicted molar refractivity (Wildman–Crippen MR) is 115 cm³/mol. The van der Waals surface area contributed by atoms with Crippen molar-refractivity contribution in [2.45, 2.75) is 69.2 Å². The maximum Gasteiger partial charge on any atom is 0.254 e. The number of likely N-dealkylation sites (tertiary alicyclic amines) is 1. The van der Waals surface area contributed by atoms with Crippen LogP contribution in [0.15, 0.2) is 23.1 Å². The second-order valence-electron chi connectivity index (χ2n) is 9.01. The molecule has 0 aromatic heterocycles. The third-order valence-corrected chi connectivity index (χ3v) is 9.27. The van der Waals surface area contributed by atoms with Crippen molar-refractivity contribution < 1.29 is 13.2 Å². The maximum absolute atomic E-state index is 13.3. The molecule has 3 fully saturated rings. The van der Waals surface area contributed by atoms with Crippen LogP contribution in [0.2, 0.25) is 5.02 Å². The van der Waals surface area contributed by atoms with Crippen molar-refractivity contribution in [3.8, 4) is 0 Å². The van der Waals surface area contributed by atoms with Gasteiger partial charge in [-0.1, -0.05) is 31.4 Å². The lowest BCUT2D eigenvalue weighted by Crippen LogP contribution is -2.49. The van der Waals surface area contributed by atoms with Gasteiger partial charge in [-0.3, -0.25) is 4.79 Å². The summed E-state index contributed by atoms with van der Waals surface area (Å²) >= 11 is 6.31. The number of nitrogens with zero attached hydrogens (tertiary/aromatic N) is 2. The number of sulfonamides is 1. The van der Waals surface area contributed by atoms with Crippen LogP contribution in [0.4, 0.5) is 0 Å². The number of piperidine rings is 2. The summed E-state index contributed by atoms with van der Waals surface area (Å²) in [7, 11) is -3.71. The number of halogens is 1. The van der Waals surface area contributed by atoms with Gasteiger partial charge in [0.1, 0.15) is 4.90 Å². The zero-order chi connectivity index (χ0) is 20.6. The number of carbonyl (C=O) groups is 1. The quantitative estimate of drug-likeness (QED) is 0.695. The zero-order valence-electron chi connectivity index (χ0n) is 17.1. The fraction of sp³-hybridized carbons (Fsp3) is 0.682. The summed E-state index contributed by atoms with van der Waals surface area (Å²) in [5.41, 5.74) is 0.434. The molecule has 3 aliphatic rings. The minimum absolute atomic E-state index is 0.0540. The molecule has 0 spiro atoms. The Bertz CT molecular complexity index is 871. The van der Waals surface area contributed by atoms with Crippen LogP contribution in [0.3, 0.4) is 0 Å². The zero-order valence-corrected chi connectivity index (χ0v) is 18.7. The van der Waals surface area contributed by atoms with Crippen molar-refractivity contribution in [2.75, 3.05) is 19.6 Å².